The van der Waals surface area contributed by atoms with Gasteiger partial charge < -0.3 is 4.42 Å². The van der Waals surface area contributed by atoms with E-state index in [1.807, 2.05) is 72.8 Å². The van der Waals surface area contributed by atoms with Gasteiger partial charge in [0, 0.05) is 44.0 Å². The molecule has 0 unspecified atom stereocenters. The summed E-state index contributed by atoms with van der Waals surface area (Å²) in [5.74, 6) is 1.84. The van der Waals surface area contributed by atoms with Gasteiger partial charge in [0.05, 0.1) is 10.2 Å². The quantitative estimate of drug-likeness (QED) is 0.177. The highest BCUT2D eigenvalue weighted by Crippen LogP contribution is 2.54. The molecule has 3 heterocycles. The molecule has 0 bridgehead atoms. The van der Waals surface area contributed by atoms with Crippen molar-refractivity contribution in [3.8, 4) is 67.0 Å². The van der Waals surface area contributed by atoms with E-state index >= 15 is 0 Å². The summed E-state index contributed by atoms with van der Waals surface area (Å²) in [6.07, 6.45) is 0. The molecular formula is C49H32N4OS. The molecule has 55 heavy (non-hydrogen) atoms. The molecule has 0 fully saturated rings. The van der Waals surface area contributed by atoms with Crippen molar-refractivity contribution in [2.24, 2.45) is 0 Å². The molecule has 0 radical (unpaired) electrons. The standard InChI is InChI=1S/C49H32N4OS/c1-49(2)37-24-25-39-44(55-48(50-39)31-18-10-5-11-19-31)43(37)34-23-22-32(27-38(34)49)36-26-33(28-41-42(36)35-20-12-13-21-40(35)54-41)47-52-45(29-14-6-3-7-15-29)51-46(53-47)30-16-8-4-9-17-30/h3-28H,1-2H3. The summed E-state index contributed by atoms with van der Waals surface area (Å²) >= 11 is 1.78. The van der Waals surface area contributed by atoms with Gasteiger partial charge in [-0.2, -0.15) is 0 Å². The smallest absolute Gasteiger partial charge is 0.164 e. The van der Waals surface area contributed by atoms with Gasteiger partial charge in [-0.3, -0.25) is 0 Å². The highest BCUT2D eigenvalue weighted by atomic mass is 32.1. The van der Waals surface area contributed by atoms with Crippen LogP contribution in [0, 0.1) is 0 Å². The number of fused-ring (bicyclic) bond motifs is 8. The van der Waals surface area contributed by atoms with Gasteiger partial charge in [0.15, 0.2) is 17.5 Å². The first-order valence-electron chi connectivity index (χ1n) is 18.5. The minimum Gasteiger partial charge on any atom is -0.456 e. The Morgan fingerprint density at radius 1 is 0.473 bits per heavy atom. The molecule has 0 atom stereocenters. The van der Waals surface area contributed by atoms with Crippen LogP contribution in [-0.4, -0.2) is 19.9 Å². The van der Waals surface area contributed by atoms with Crippen LogP contribution in [0.4, 0.5) is 0 Å². The average Bonchev–Trinajstić information content (AvgIpc) is 3.91. The van der Waals surface area contributed by atoms with Crippen LogP contribution in [-0.2, 0) is 5.41 Å². The third kappa shape index (κ3) is 5.06. The van der Waals surface area contributed by atoms with Gasteiger partial charge in [0.1, 0.15) is 16.2 Å². The van der Waals surface area contributed by atoms with Crippen LogP contribution in [0.15, 0.2) is 162 Å². The van der Waals surface area contributed by atoms with E-state index in [0.717, 1.165) is 65.8 Å². The van der Waals surface area contributed by atoms with Crippen molar-refractivity contribution in [3.05, 3.63) is 169 Å². The third-order valence-corrected chi connectivity index (χ3v) is 12.1. The maximum absolute atomic E-state index is 6.60. The molecule has 0 spiro atoms. The number of aromatic nitrogens is 4. The maximum Gasteiger partial charge on any atom is 0.164 e. The number of thiazole rings is 1. The lowest BCUT2D eigenvalue weighted by Crippen LogP contribution is -2.14. The molecule has 6 heteroatoms. The summed E-state index contributed by atoms with van der Waals surface area (Å²) in [5, 5.41) is 3.19. The fourth-order valence-corrected chi connectivity index (χ4v) is 9.36. The number of benzene rings is 7. The number of nitrogens with zero attached hydrogens (tertiary/aromatic N) is 4. The molecule has 0 aliphatic heterocycles. The lowest BCUT2D eigenvalue weighted by Gasteiger charge is -2.22. The van der Waals surface area contributed by atoms with E-state index in [-0.39, 0.29) is 5.41 Å². The van der Waals surface area contributed by atoms with Crippen molar-refractivity contribution in [1.29, 1.82) is 0 Å². The summed E-state index contributed by atoms with van der Waals surface area (Å²) in [6, 6.07) is 54.7. The molecule has 1 aliphatic carbocycles. The lowest BCUT2D eigenvalue weighted by atomic mass is 9.81. The van der Waals surface area contributed by atoms with Crippen molar-refractivity contribution in [3.63, 3.8) is 0 Å². The summed E-state index contributed by atoms with van der Waals surface area (Å²) in [4.78, 5) is 20.2. The third-order valence-electron chi connectivity index (χ3n) is 11.0. The average molecular weight is 725 g/mol. The van der Waals surface area contributed by atoms with Gasteiger partial charge in [-0.1, -0.05) is 141 Å². The van der Waals surface area contributed by atoms with Crippen molar-refractivity contribution in [2.75, 3.05) is 0 Å². The Morgan fingerprint density at radius 3 is 1.78 bits per heavy atom. The first kappa shape index (κ1) is 31.7. The Bertz CT molecular complexity index is 3050. The van der Waals surface area contributed by atoms with Crippen molar-refractivity contribution >= 4 is 43.5 Å². The van der Waals surface area contributed by atoms with E-state index in [2.05, 4.69) is 98.8 Å². The Morgan fingerprint density at radius 2 is 1.09 bits per heavy atom. The minimum absolute atomic E-state index is 0.218. The van der Waals surface area contributed by atoms with Crippen LogP contribution in [0.2, 0.25) is 0 Å². The van der Waals surface area contributed by atoms with E-state index in [4.69, 9.17) is 24.4 Å². The van der Waals surface area contributed by atoms with E-state index < -0.39 is 0 Å². The molecule has 3 aromatic heterocycles. The monoisotopic (exact) mass is 724 g/mol. The Labute approximate surface area is 321 Å². The first-order valence-corrected chi connectivity index (χ1v) is 19.3. The van der Waals surface area contributed by atoms with Crippen LogP contribution in [0.5, 0.6) is 0 Å². The molecule has 11 rings (SSSR count). The molecular weight excluding hydrogens is 693 g/mol. The SMILES string of the molecule is CC1(C)c2cc(-c3cc(-c4nc(-c5ccccc5)nc(-c5ccccc5)n4)cc4oc5ccccc5c34)ccc2-c2c1ccc1nc(-c3ccccc3)sc21. The van der Waals surface area contributed by atoms with Crippen LogP contribution in [0.1, 0.15) is 25.0 Å². The molecule has 7 aromatic carbocycles. The Balaban J connectivity index is 1.12. The topological polar surface area (TPSA) is 64.7 Å². The van der Waals surface area contributed by atoms with Gasteiger partial charge in [0.2, 0.25) is 0 Å². The van der Waals surface area contributed by atoms with Gasteiger partial charge >= 0.3 is 0 Å². The summed E-state index contributed by atoms with van der Waals surface area (Å²) in [5.41, 5.74) is 13.7. The van der Waals surface area contributed by atoms with E-state index in [1.165, 1.54) is 27.0 Å². The molecule has 1 aliphatic rings. The lowest BCUT2D eigenvalue weighted by molar-refractivity contribution is 0.661. The van der Waals surface area contributed by atoms with Gasteiger partial charge in [-0.05, 0) is 58.1 Å². The zero-order valence-corrected chi connectivity index (χ0v) is 30.9. The van der Waals surface area contributed by atoms with Gasteiger partial charge in [-0.15, -0.1) is 11.3 Å². The fraction of sp³-hybridized carbons (Fsp3) is 0.0612. The molecule has 260 valence electrons. The zero-order valence-electron chi connectivity index (χ0n) is 30.1. The first-order chi connectivity index (χ1) is 27.0. The van der Waals surface area contributed by atoms with E-state index in [9.17, 15) is 0 Å². The van der Waals surface area contributed by atoms with Crippen LogP contribution >= 0.6 is 11.3 Å². The van der Waals surface area contributed by atoms with Crippen molar-refractivity contribution < 1.29 is 4.42 Å². The number of hydrogen-bond acceptors (Lipinski definition) is 6. The van der Waals surface area contributed by atoms with Crippen molar-refractivity contribution in [1.82, 2.24) is 19.9 Å². The predicted octanol–water partition coefficient (Wildman–Crippen LogP) is 13.0. The number of hydrogen-bond donors (Lipinski definition) is 0. The summed E-state index contributed by atoms with van der Waals surface area (Å²) in [7, 11) is 0. The highest BCUT2D eigenvalue weighted by Gasteiger charge is 2.37. The zero-order chi connectivity index (χ0) is 36.7. The highest BCUT2D eigenvalue weighted by molar-refractivity contribution is 7.22. The normalized spacial score (nSPS) is 13.1. The second kappa shape index (κ2) is 12.1. The number of furan rings is 1. The maximum atomic E-state index is 6.60. The number of rotatable bonds is 5. The van der Waals surface area contributed by atoms with Gasteiger partial charge in [-0.25, -0.2) is 19.9 Å². The Kier molecular flexibility index (Phi) is 7.00. The molecule has 10 aromatic rings. The fourth-order valence-electron chi connectivity index (χ4n) is 8.23. The van der Waals surface area contributed by atoms with Crippen LogP contribution in [0.3, 0.4) is 0 Å². The minimum atomic E-state index is -0.218. The molecule has 0 saturated heterocycles. The van der Waals surface area contributed by atoms with Crippen molar-refractivity contribution in [2.45, 2.75) is 19.3 Å². The molecule has 0 N–H and O–H groups in total. The summed E-state index contributed by atoms with van der Waals surface area (Å²) < 4.78 is 7.84. The Hall–Kier alpha value is -6.76. The summed E-state index contributed by atoms with van der Waals surface area (Å²) in [6.45, 7) is 4.68. The van der Waals surface area contributed by atoms with E-state index in [1.54, 1.807) is 11.3 Å². The molecule has 0 saturated carbocycles. The molecule has 5 nitrogen and oxygen atoms in total. The second-order valence-electron chi connectivity index (χ2n) is 14.6. The number of para-hydroxylation sites is 1. The van der Waals surface area contributed by atoms with Gasteiger partial charge in [0.25, 0.3) is 0 Å². The predicted molar refractivity (Wildman–Crippen MR) is 225 cm³/mol. The van der Waals surface area contributed by atoms with Crippen LogP contribution in [0.25, 0.3) is 99.1 Å². The largest absolute Gasteiger partial charge is 0.456 e. The molecule has 0 amide bonds. The second-order valence-corrected chi connectivity index (χ2v) is 15.6. The van der Waals surface area contributed by atoms with Crippen LogP contribution < -0.4 is 0 Å². The van der Waals surface area contributed by atoms with E-state index in [0.29, 0.717) is 17.5 Å².